The molecule has 0 atom stereocenters. The van der Waals surface area contributed by atoms with Gasteiger partial charge in [0.25, 0.3) is 5.91 Å². The number of aromatic amines is 1. The van der Waals surface area contributed by atoms with Crippen molar-refractivity contribution in [2.75, 3.05) is 44.2 Å². The number of piperazine rings is 1. The molecule has 2 aromatic rings. The van der Waals surface area contributed by atoms with Crippen LogP contribution in [0.25, 0.3) is 0 Å². The average molecular weight is 312 g/mol. The molecule has 4 rings (SSSR count). The number of hydrogen-bond acceptors (Lipinski definition) is 5. The molecular weight excluding hydrogens is 292 g/mol. The average Bonchev–Trinajstić information content (AvgIpc) is 3.09. The Morgan fingerprint density at radius 3 is 2.57 bits per heavy atom. The van der Waals surface area contributed by atoms with Crippen LogP contribution >= 0.6 is 0 Å². The van der Waals surface area contributed by atoms with Gasteiger partial charge in [-0.2, -0.15) is 5.10 Å². The SMILES string of the molecule is O=C(c1ccn[nH]1)N1CC(N2CCN(c3ccccn3)CC2)C1. The van der Waals surface area contributed by atoms with E-state index in [4.69, 9.17) is 0 Å². The Labute approximate surface area is 134 Å². The van der Waals surface area contributed by atoms with Gasteiger partial charge in [-0.05, 0) is 18.2 Å². The maximum absolute atomic E-state index is 12.2. The Hall–Kier alpha value is -2.41. The Morgan fingerprint density at radius 2 is 1.91 bits per heavy atom. The summed E-state index contributed by atoms with van der Waals surface area (Å²) in [6, 6.07) is 8.23. The molecule has 0 saturated carbocycles. The topological polar surface area (TPSA) is 68.4 Å². The lowest BCUT2D eigenvalue weighted by molar-refractivity contribution is 0.0242. The first-order valence-electron chi connectivity index (χ1n) is 8.00. The monoisotopic (exact) mass is 312 g/mol. The maximum atomic E-state index is 12.2. The first kappa shape index (κ1) is 14.2. The standard InChI is InChI=1S/C16H20N6O/c23-16(14-4-6-18-19-14)22-11-13(12-22)20-7-9-21(10-8-20)15-3-1-2-5-17-15/h1-6,13H,7-12H2,(H,18,19). The number of hydrogen-bond donors (Lipinski definition) is 1. The molecule has 2 aliphatic rings. The summed E-state index contributed by atoms with van der Waals surface area (Å²) in [6.45, 7) is 5.63. The molecule has 0 unspecified atom stereocenters. The molecule has 23 heavy (non-hydrogen) atoms. The van der Waals surface area contributed by atoms with Crippen LogP contribution in [0.2, 0.25) is 0 Å². The second-order valence-electron chi connectivity index (χ2n) is 6.05. The van der Waals surface area contributed by atoms with Gasteiger partial charge in [0.15, 0.2) is 0 Å². The Morgan fingerprint density at radius 1 is 1.09 bits per heavy atom. The molecule has 120 valence electrons. The molecule has 0 aliphatic carbocycles. The van der Waals surface area contributed by atoms with Gasteiger partial charge in [-0.15, -0.1) is 0 Å². The third-order valence-corrected chi connectivity index (χ3v) is 4.68. The molecule has 0 radical (unpaired) electrons. The van der Waals surface area contributed by atoms with E-state index < -0.39 is 0 Å². The van der Waals surface area contributed by atoms with Crippen LogP contribution < -0.4 is 4.90 Å². The Bertz CT molecular complexity index is 644. The van der Waals surface area contributed by atoms with Crippen LogP contribution in [0.15, 0.2) is 36.7 Å². The summed E-state index contributed by atoms with van der Waals surface area (Å²) in [5.41, 5.74) is 0.573. The van der Waals surface area contributed by atoms with Gasteiger partial charge in [0, 0.05) is 57.7 Å². The molecule has 2 saturated heterocycles. The van der Waals surface area contributed by atoms with E-state index in [0.717, 1.165) is 45.1 Å². The summed E-state index contributed by atoms with van der Waals surface area (Å²) in [7, 11) is 0. The highest BCUT2D eigenvalue weighted by atomic mass is 16.2. The molecule has 7 heteroatoms. The van der Waals surface area contributed by atoms with Crippen molar-refractivity contribution in [1.29, 1.82) is 0 Å². The summed E-state index contributed by atoms with van der Waals surface area (Å²) in [5, 5.41) is 6.57. The number of carbonyl (C=O) groups excluding carboxylic acids is 1. The molecule has 0 spiro atoms. The quantitative estimate of drug-likeness (QED) is 0.891. The number of nitrogens with zero attached hydrogens (tertiary/aromatic N) is 5. The first-order chi connectivity index (χ1) is 11.3. The Kier molecular flexibility index (Phi) is 3.70. The van der Waals surface area contributed by atoms with Crippen LogP contribution in [0.3, 0.4) is 0 Å². The second-order valence-corrected chi connectivity index (χ2v) is 6.05. The Balaban J connectivity index is 1.27. The van der Waals surface area contributed by atoms with Crippen molar-refractivity contribution in [2.45, 2.75) is 6.04 Å². The van der Waals surface area contributed by atoms with Crippen molar-refractivity contribution < 1.29 is 4.79 Å². The zero-order chi connectivity index (χ0) is 15.6. The number of likely N-dealkylation sites (tertiary alicyclic amines) is 1. The maximum Gasteiger partial charge on any atom is 0.271 e. The molecular formula is C16H20N6O. The molecule has 0 aromatic carbocycles. The van der Waals surface area contributed by atoms with Crippen LogP contribution in [-0.4, -0.2) is 76.2 Å². The lowest BCUT2D eigenvalue weighted by Gasteiger charge is -2.48. The number of anilines is 1. The number of aromatic nitrogens is 3. The minimum atomic E-state index is 0.0471. The van der Waals surface area contributed by atoms with E-state index in [1.54, 1.807) is 12.3 Å². The summed E-state index contributed by atoms with van der Waals surface area (Å²) >= 11 is 0. The minimum Gasteiger partial charge on any atom is -0.354 e. The van der Waals surface area contributed by atoms with E-state index in [1.165, 1.54) is 0 Å². The van der Waals surface area contributed by atoms with E-state index in [1.807, 2.05) is 23.2 Å². The van der Waals surface area contributed by atoms with Crippen LogP contribution in [-0.2, 0) is 0 Å². The van der Waals surface area contributed by atoms with E-state index in [-0.39, 0.29) is 5.91 Å². The predicted molar refractivity (Wildman–Crippen MR) is 86.3 cm³/mol. The van der Waals surface area contributed by atoms with Gasteiger partial charge in [0.05, 0.1) is 0 Å². The largest absolute Gasteiger partial charge is 0.354 e. The molecule has 1 N–H and O–H groups in total. The summed E-state index contributed by atoms with van der Waals surface area (Å²) in [6.07, 6.45) is 3.45. The van der Waals surface area contributed by atoms with Crippen molar-refractivity contribution in [1.82, 2.24) is 25.0 Å². The van der Waals surface area contributed by atoms with E-state index in [0.29, 0.717) is 11.7 Å². The van der Waals surface area contributed by atoms with E-state index in [2.05, 4.69) is 31.0 Å². The minimum absolute atomic E-state index is 0.0471. The molecule has 7 nitrogen and oxygen atoms in total. The smallest absolute Gasteiger partial charge is 0.271 e. The van der Waals surface area contributed by atoms with Gasteiger partial charge in [-0.1, -0.05) is 6.07 Å². The first-order valence-corrected chi connectivity index (χ1v) is 8.00. The zero-order valence-corrected chi connectivity index (χ0v) is 12.9. The number of nitrogens with one attached hydrogen (secondary N) is 1. The predicted octanol–water partition coefficient (Wildman–Crippen LogP) is 0.451. The number of amides is 1. The van der Waals surface area contributed by atoms with Crippen molar-refractivity contribution >= 4 is 11.7 Å². The summed E-state index contributed by atoms with van der Waals surface area (Å²) in [4.78, 5) is 23.3. The van der Waals surface area contributed by atoms with Gasteiger partial charge in [0.1, 0.15) is 11.5 Å². The molecule has 2 aromatic heterocycles. The van der Waals surface area contributed by atoms with Crippen molar-refractivity contribution in [2.24, 2.45) is 0 Å². The molecule has 2 aliphatic heterocycles. The third kappa shape index (κ3) is 2.79. The van der Waals surface area contributed by atoms with Crippen LogP contribution in [0, 0.1) is 0 Å². The number of rotatable bonds is 3. The van der Waals surface area contributed by atoms with Gasteiger partial charge >= 0.3 is 0 Å². The fraction of sp³-hybridized carbons (Fsp3) is 0.438. The fourth-order valence-corrected chi connectivity index (χ4v) is 3.25. The molecule has 4 heterocycles. The van der Waals surface area contributed by atoms with Crippen molar-refractivity contribution in [3.05, 3.63) is 42.4 Å². The van der Waals surface area contributed by atoms with Gasteiger partial charge in [0.2, 0.25) is 0 Å². The van der Waals surface area contributed by atoms with Gasteiger partial charge < -0.3 is 9.80 Å². The summed E-state index contributed by atoms with van der Waals surface area (Å²) < 4.78 is 0. The van der Waals surface area contributed by atoms with E-state index >= 15 is 0 Å². The molecule has 0 bridgehead atoms. The van der Waals surface area contributed by atoms with E-state index in [9.17, 15) is 4.79 Å². The number of H-pyrrole nitrogens is 1. The summed E-state index contributed by atoms with van der Waals surface area (Å²) in [5.74, 6) is 1.10. The van der Waals surface area contributed by atoms with Crippen LogP contribution in [0.5, 0.6) is 0 Å². The third-order valence-electron chi connectivity index (χ3n) is 4.68. The highest BCUT2D eigenvalue weighted by Gasteiger charge is 2.36. The van der Waals surface area contributed by atoms with Crippen LogP contribution in [0.1, 0.15) is 10.5 Å². The molecule has 1 amide bonds. The van der Waals surface area contributed by atoms with Gasteiger partial charge in [-0.25, -0.2) is 4.98 Å². The number of carbonyl (C=O) groups is 1. The van der Waals surface area contributed by atoms with Crippen LogP contribution in [0.4, 0.5) is 5.82 Å². The fourth-order valence-electron chi connectivity index (χ4n) is 3.25. The lowest BCUT2D eigenvalue weighted by atomic mass is 10.1. The lowest BCUT2D eigenvalue weighted by Crippen LogP contribution is -2.64. The normalized spacial score (nSPS) is 19.7. The van der Waals surface area contributed by atoms with Crippen molar-refractivity contribution in [3.63, 3.8) is 0 Å². The number of pyridine rings is 1. The van der Waals surface area contributed by atoms with Crippen molar-refractivity contribution in [3.8, 4) is 0 Å². The molecule has 2 fully saturated rings. The zero-order valence-electron chi connectivity index (χ0n) is 12.9. The highest BCUT2D eigenvalue weighted by Crippen LogP contribution is 2.20. The second kappa shape index (κ2) is 6.00. The van der Waals surface area contributed by atoms with Gasteiger partial charge in [-0.3, -0.25) is 14.8 Å². The highest BCUT2D eigenvalue weighted by molar-refractivity contribution is 5.92.